The molecule has 0 bridgehead atoms. The summed E-state index contributed by atoms with van der Waals surface area (Å²) in [6.45, 7) is 4.28. The van der Waals surface area contributed by atoms with Crippen molar-refractivity contribution in [3.05, 3.63) is 0 Å². The first-order valence-corrected chi connectivity index (χ1v) is 6.08. The number of nitrogens with one attached hydrogen (secondary N) is 1. The Balaban J connectivity index is 1.89. The number of carbonyl (C=O) groups excluding carboxylic acids is 1. The second kappa shape index (κ2) is 3.78. The SMILES string of the molecule is CC1CC(N)CCC1C(=O)NC1(C)CC1. The third-order valence-corrected chi connectivity index (χ3v) is 3.97. The number of carbonyl (C=O) groups is 1. The van der Waals surface area contributed by atoms with Gasteiger partial charge in [0, 0.05) is 17.5 Å². The molecule has 3 unspecified atom stereocenters. The zero-order chi connectivity index (χ0) is 11.1. The van der Waals surface area contributed by atoms with E-state index in [1.165, 1.54) is 0 Å². The van der Waals surface area contributed by atoms with Gasteiger partial charge in [0.1, 0.15) is 0 Å². The summed E-state index contributed by atoms with van der Waals surface area (Å²) in [7, 11) is 0. The van der Waals surface area contributed by atoms with Crippen LogP contribution in [-0.4, -0.2) is 17.5 Å². The number of hydrogen-bond donors (Lipinski definition) is 2. The Kier molecular flexibility index (Phi) is 2.75. The fourth-order valence-electron chi connectivity index (χ4n) is 2.53. The third kappa shape index (κ3) is 2.51. The van der Waals surface area contributed by atoms with Crippen LogP contribution in [0.4, 0.5) is 0 Å². The van der Waals surface area contributed by atoms with Gasteiger partial charge in [-0.25, -0.2) is 0 Å². The van der Waals surface area contributed by atoms with Crippen molar-refractivity contribution in [3.63, 3.8) is 0 Å². The second-order valence-corrected chi connectivity index (χ2v) is 5.71. The van der Waals surface area contributed by atoms with Crippen LogP contribution in [0, 0.1) is 11.8 Å². The highest BCUT2D eigenvalue weighted by atomic mass is 16.2. The van der Waals surface area contributed by atoms with E-state index in [9.17, 15) is 4.79 Å². The first-order valence-electron chi connectivity index (χ1n) is 6.08. The van der Waals surface area contributed by atoms with E-state index in [4.69, 9.17) is 5.73 Å². The van der Waals surface area contributed by atoms with E-state index in [2.05, 4.69) is 19.2 Å². The summed E-state index contributed by atoms with van der Waals surface area (Å²) < 4.78 is 0. The molecule has 86 valence electrons. The van der Waals surface area contributed by atoms with Crippen molar-refractivity contribution in [2.75, 3.05) is 0 Å². The molecule has 1 amide bonds. The van der Waals surface area contributed by atoms with E-state index in [1.54, 1.807) is 0 Å². The predicted octanol–water partition coefficient (Wildman–Crippen LogP) is 1.42. The zero-order valence-corrected chi connectivity index (χ0v) is 9.75. The van der Waals surface area contributed by atoms with Gasteiger partial charge in [0.05, 0.1) is 0 Å². The van der Waals surface area contributed by atoms with E-state index in [-0.39, 0.29) is 17.4 Å². The Labute approximate surface area is 91.8 Å². The number of nitrogens with two attached hydrogens (primary N) is 1. The van der Waals surface area contributed by atoms with Crippen molar-refractivity contribution < 1.29 is 4.79 Å². The molecule has 0 saturated heterocycles. The summed E-state index contributed by atoms with van der Waals surface area (Å²) in [4.78, 5) is 12.0. The maximum absolute atomic E-state index is 12.0. The van der Waals surface area contributed by atoms with Gasteiger partial charge in [-0.3, -0.25) is 4.79 Å². The highest BCUT2D eigenvalue weighted by Crippen LogP contribution is 2.36. The highest BCUT2D eigenvalue weighted by Gasteiger charge is 2.41. The average molecular weight is 210 g/mol. The van der Waals surface area contributed by atoms with E-state index >= 15 is 0 Å². The molecule has 3 N–H and O–H groups in total. The van der Waals surface area contributed by atoms with Crippen LogP contribution < -0.4 is 11.1 Å². The van der Waals surface area contributed by atoms with Crippen molar-refractivity contribution >= 4 is 5.91 Å². The predicted molar refractivity (Wildman–Crippen MR) is 60.3 cm³/mol. The lowest BCUT2D eigenvalue weighted by Gasteiger charge is -2.32. The number of amides is 1. The van der Waals surface area contributed by atoms with Crippen LogP contribution in [0.15, 0.2) is 0 Å². The quantitative estimate of drug-likeness (QED) is 0.724. The Hall–Kier alpha value is -0.570. The molecule has 0 aliphatic heterocycles. The van der Waals surface area contributed by atoms with Gasteiger partial charge in [-0.05, 0) is 44.9 Å². The maximum Gasteiger partial charge on any atom is 0.223 e. The minimum Gasteiger partial charge on any atom is -0.351 e. The molecule has 0 aromatic carbocycles. The van der Waals surface area contributed by atoms with Crippen molar-refractivity contribution in [3.8, 4) is 0 Å². The lowest BCUT2D eigenvalue weighted by Crippen LogP contribution is -2.44. The van der Waals surface area contributed by atoms with Crippen LogP contribution in [0.5, 0.6) is 0 Å². The molecule has 2 fully saturated rings. The maximum atomic E-state index is 12.0. The van der Waals surface area contributed by atoms with Gasteiger partial charge < -0.3 is 11.1 Å². The second-order valence-electron chi connectivity index (χ2n) is 5.71. The number of rotatable bonds is 2. The highest BCUT2D eigenvalue weighted by molar-refractivity contribution is 5.80. The van der Waals surface area contributed by atoms with Crippen molar-refractivity contribution in [1.82, 2.24) is 5.32 Å². The summed E-state index contributed by atoms with van der Waals surface area (Å²) >= 11 is 0. The molecule has 3 atom stereocenters. The molecular formula is C12H22N2O. The standard InChI is InChI=1S/C12H22N2O/c1-8-7-9(13)3-4-10(8)11(15)14-12(2)5-6-12/h8-10H,3-7,13H2,1-2H3,(H,14,15). The van der Waals surface area contributed by atoms with Gasteiger partial charge >= 0.3 is 0 Å². The summed E-state index contributed by atoms with van der Waals surface area (Å²) in [5.74, 6) is 0.896. The van der Waals surface area contributed by atoms with Crippen molar-refractivity contribution in [1.29, 1.82) is 0 Å². The van der Waals surface area contributed by atoms with Crippen molar-refractivity contribution in [2.45, 2.75) is 57.5 Å². The van der Waals surface area contributed by atoms with Gasteiger partial charge in [0.2, 0.25) is 5.91 Å². The van der Waals surface area contributed by atoms with Crippen LogP contribution in [0.2, 0.25) is 0 Å². The Morgan fingerprint density at radius 3 is 2.60 bits per heavy atom. The van der Waals surface area contributed by atoms with Gasteiger partial charge in [-0.15, -0.1) is 0 Å². The largest absolute Gasteiger partial charge is 0.351 e. The molecule has 0 radical (unpaired) electrons. The molecule has 0 aromatic rings. The molecular weight excluding hydrogens is 188 g/mol. The Morgan fingerprint density at radius 1 is 1.40 bits per heavy atom. The van der Waals surface area contributed by atoms with Crippen LogP contribution in [0.1, 0.15) is 46.0 Å². The van der Waals surface area contributed by atoms with Gasteiger partial charge in [-0.1, -0.05) is 6.92 Å². The Morgan fingerprint density at radius 2 is 2.07 bits per heavy atom. The minimum absolute atomic E-state index is 0.121. The summed E-state index contributed by atoms with van der Waals surface area (Å²) in [5, 5.41) is 3.17. The first kappa shape index (κ1) is 10.9. The van der Waals surface area contributed by atoms with E-state index in [0.717, 1.165) is 32.1 Å². The first-order chi connectivity index (χ1) is 7.00. The lowest BCUT2D eigenvalue weighted by atomic mass is 9.77. The molecule has 0 heterocycles. The van der Waals surface area contributed by atoms with E-state index in [1.807, 2.05) is 0 Å². The van der Waals surface area contributed by atoms with E-state index in [0.29, 0.717) is 12.0 Å². The van der Waals surface area contributed by atoms with Gasteiger partial charge in [0.25, 0.3) is 0 Å². The van der Waals surface area contributed by atoms with Crippen molar-refractivity contribution in [2.24, 2.45) is 17.6 Å². The molecule has 2 rings (SSSR count). The summed E-state index contributed by atoms with van der Waals surface area (Å²) in [5.41, 5.74) is 6.02. The molecule has 3 nitrogen and oxygen atoms in total. The van der Waals surface area contributed by atoms with Gasteiger partial charge in [0.15, 0.2) is 0 Å². The molecule has 3 heteroatoms. The number of hydrogen-bond acceptors (Lipinski definition) is 2. The van der Waals surface area contributed by atoms with Gasteiger partial charge in [-0.2, -0.15) is 0 Å². The molecule has 2 aliphatic carbocycles. The summed E-state index contributed by atoms with van der Waals surface area (Å²) in [6, 6.07) is 0.306. The van der Waals surface area contributed by atoms with Crippen LogP contribution >= 0.6 is 0 Å². The van der Waals surface area contributed by atoms with Crippen LogP contribution in [-0.2, 0) is 4.79 Å². The summed E-state index contributed by atoms with van der Waals surface area (Å²) in [6.07, 6.45) is 5.23. The zero-order valence-electron chi connectivity index (χ0n) is 9.75. The smallest absolute Gasteiger partial charge is 0.223 e. The molecule has 2 saturated carbocycles. The average Bonchev–Trinajstić information content (AvgIpc) is 2.82. The molecule has 0 spiro atoms. The third-order valence-electron chi connectivity index (χ3n) is 3.97. The van der Waals surface area contributed by atoms with E-state index < -0.39 is 0 Å². The minimum atomic E-state index is 0.121. The van der Waals surface area contributed by atoms with Crippen LogP contribution in [0.25, 0.3) is 0 Å². The Bertz CT molecular complexity index is 260. The van der Waals surface area contributed by atoms with Crippen LogP contribution in [0.3, 0.4) is 0 Å². The molecule has 0 aromatic heterocycles. The topological polar surface area (TPSA) is 55.1 Å². The molecule has 2 aliphatic rings. The lowest BCUT2D eigenvalue weighted by molar-refractivity contribution is -0.128. The molecule has 15 heavy (non-hydrogen) atoms. The fraction of sp³-hybridized carbons (Fsp3) is 0.917. The normalized spacial score (nSPS) is 38.5. The fourth-order valence-corrected chi connectivity index (χ4v) is 2.53. The monoisotopic (exact) mass is 210 g/mol.